The first kappa shape index (κ1) is 31.3. The number of carbonyl (C=O) groups is 2. The summed E-state index contributed by atoms with van der Waals surface area (Å²) in [6.07, 6.45) is 4.82. The molecule has 0 aromatic heterocycles. The number of ether oxygens (including phenoxy) is 1. The Bertz CT molecular complexity index is 1500. The van der Waals surface area contributed by atoms with Crippen molar-refractivity contribution in [3.63, 3.8) is 0 Å². The fourth-order valence-corrected chi connectivity index (χ4v) is 6.25. The summed E-state index contributed by atoms with van der Waals surface area (Å²) in [5, 5.41) is 3.24. The molecule has 1 atom stereocenters. The highest BCUT2D eigenvalue weighted by atomic mass is 35.5. The number of nitrogens with zero attached hydrogens (tertiary/aromatic N) is 2. The van der Waals surface area contributed by atoms with Crippen LogP contribution in [0.2, 0.25) is 5.02 Å². The molecule has 0 spiro atoms. The van der Waals surface area contributed by atoms with Gasteiger partial charge in [0.2, 0.25) is 21.8 Å². The predicted octanol–water partition coefficient (Wildman–Crippen LogP) is 4.95. The standard InChI is InChI=1S/C31H35ClFN3O5S/c1-41-29-17-16-25(19-26(29)32)36(42(2,39)40)21-30(37)35(20-23-12-6-9-15-27(23)33)28(18-22-10-4-3-5-11-22)31(38)34-24-13-7-8-14-24/h3-6,9-12,15-17,19,24,28H,7-8,13-14,18,20-21H2,1-2H3,(H,34,38)/t28-/m1/s1. The van der Waals surface area contributed by atoms with Crippen molar-refractivity contribution < 1.29 is 27.1 Å². The minimum Gasteiger partial charge on any atom is -0.495 e. The largest absolute Gasteiger partial charge is 0.495 e. The van der Waals surface area contributed by atoms with Gasteiger partial charge < -0.3 is 15.0 Å². The summed E-state index contributed by atoms with van der Waals surface area (Å²) >= 11 is 6.27. The van der Waals surface area contributed by atoms with Gasteiger partial charge in [-0.05, 0) is 42.7 Å². The fourth-order valence-electron chi connectivity index (χ4n) is 5.16. The highest BCUT2D eigenvalue weighted by Crippen LogP contribution is 2.30. The lowest BCUT2D eigenvalue weighted by molar-refractivity contribution is -0.140. The Morgan fingerprint density at radius 2 is 1.71 bits per heavy atom. The molecule has 3 aromatic rings. The van der Waals surface area contributed by atoms with E-state index < -0.39 is 34.3 Å². The van der Waals surface area contributed by atoms with Crippen LogP contribution in [0, 0.1) is 5.82 Å². The van der Waals surface area contributed by atoms with Crippen molar-refractivity contribution in [2.45, 2.75) is 50.7 Å². The van der Waals surface area contributed by atoms with Crippen LogP contribution in [0.15, 0.2) is 72.8 Å². The number of methoxy groups -OCH3 is 1. The van der Waals surface area contributed by atoms with E-state index in [1.807, 2.05) is 30.3 Å². The van der Waals surface area contributed by atoms with Gasteiger partial charge in [0, 0.05) is 24.6 Å². The molecule has 0 radical (unpaired) electrons. The Balaban J connectivity index is 1.74. The Morgan fingerprint density at radius 1 is 1.05 bits per heavy atom. The zero-order chi connectivity index (χ0) is 30.3. The van der Waals surface area contributed by atoms with Crippen LogP contribution in [0.3, 0.4) is 0 Å². The molecule has 0 aliphatic heterocycles. The zero-order valence-electron chi connectivity index (χ0n) is 23.6. The molecule has 3 aromatic carbocycles. The van der Waals surface area contributed by atoms with Gasteiger partial charge in [0.1, 0.15) is 24.2 Å². The van der Waals surface area contributed by atoms with Gasteiger partial charge in [-0.1, -0.05) is 73.0 Å². The maximum atomic E-state index is 14.9. The second-order valence-corrected chi connectivity index (χ2v) is 12.7. The number of sulfonamides is 1. The minimum atomic E-state index is -3.98. The summed E-state index contributed by atoms with van der Waals surface area (Å²) in [5.74, 6) is -1.23. The first-order chi connectivity index (χ1) is 20.1. The second kappa shape index (κ2) is 14.0. The second-order valence-electron chi connectivity index (χ2n) is 10.4. The van der Waals surface area contributed by atoms with Crippen LogP contribution in [0.25, 0.3) is 0 Å². The summed E-state index contributed by atoms with van der Waals surface area (Å²) in [6, 6.07) is 18.6. The van der Waals surface area contributed by atoms with Gasteiger partial charge >= 0.3 is 0 Å². The molecule has 1 fully saturated rings. The van der Waals surface area contributed by atoms with Crippen LogP contribution < -0.4 is 14.4 Å². The van der Waals surface area contributed by atoms with Crippen LogP contribution in [0.4, 0.5) is 10.1 Å². The highest BCUT2D eigenvalue weighted by molar-refractivity contribution is 7.92. The van der Waals surface area contributed by atoms with E-state index in [0.717, 1.165) is 41.8 Å². The molecule has 1 saturated carbocycles. The predicted molar refractivity (Wildman–Crippen MR) is 161 cm³/mol. The van der Waals surface area contributed by atoms with Gasteiger partial charge in [-0.25, -0.2) is 12.8 Å². The third kappa shape index (κ3) is 8.01. The van der Waals surface area contributed by atoms with Crippen LogP contribution in [0.1, 0.15) is 36.8 Å². The van der Waals surface area contributed by atoms with E-state index in [2.05, 4.69) is 5.32 Å². The number of rotatable bonds is 12. The maximum Gasteiger partial charge on any atom is 0.244 e. The van der Waals surface area contributed by atoms with Crippen LogP contribution in [0.5, 0.6) is 5.75 Å². The normalized spacial score (nSPS) is 14.3. The lowest BCUT2D eigenvalue weighted by atomic mass is 10.0. The molecule has 42 heavy (non-hydrogen) atoms. The van der Waals surface area contributed by atoms with Crippen molar-refractivity contribution in [2.24, 2.45) is 0 Å². The first-order valence-electron chi connectivity index (χ1n) is 13.7. The van der Waals surface area contributed by atoms with Gasteiger partial charge in [-0.15, -0.1) is 0 Å². The van der Waals surface area contributed by atoms with Crippen LogP contribution in [-0.2, 0) is 32.6 Å². The van der Waals surface area contributed by atoms with Crippen molar-refractivity contribution >= 4 is 39.1 Å². The quantitative estimate of drug-likeness (QED) is 0.311. The number of hydrogen-bond acceptors (Lipinski definition) is 5. The van der Waals surface area contributed by atoms with E-state index in [1.54, 1.807) is 12.1 Å². The van der Waals surface area contributed by atoms with Gasteiger partial charge in [0.05, 0.1) is 24.1 Å². The van der Waals surface area contributed by atoms with Gasteiger partial charge in [0.25, 0.3) is 0 Å². The fraction of sp³-hybridized carbons (Fsp3) is 0.355. The van der Waals surface area contributed by atoms with Crippen molar-refractivity contribution in [1.82, 2.24) is 10.2 Å². The van der Waals surface area contributed by atoms with Crippen LogP contribution in [-0.4, -0.2) is 57.1 Å². The third-order valence-corrected chi connectivity index (χ3v) is 8.81. The molecule has 0 bridgehead atoms. The monoisotopic (exact) mass is 615 g/mol. The number of nitrogens with one attached hydrogen (secondary N) is 1. The van der Waals surface area contributed by atoms with Gasteiger partial charge in [-0.3, -0.25) is 13.9 Å². The molecule has 1 aliphatic carbocycles. The molecule has 0 heterocycles. The van der Waals surface area contributed by atoms with Gasteiger partial charge in [0.15, 0.2) is 0 Å². The molecule has 0 unspecified atom stereocenters. The lowest BCUT2D eigenvalue weighted by Crippen LogP contribution is -2.54. The molecule has 4 rings (SSSR count). The number of carbonyl (C=O) groups excluding carboxylic acids is 2. The Hall–Kier alpha value is -3.63. The molecule has 2 amide bonds. The lowest BCUT2D eigenvalue weighted by Gasteiger charge is -2.34. The molecule has 8 nitrogen and oxygen atoms in total. The van der Waals surface area contributed by atoms with E-state index >= 15 is 0 Å². The third-order valence-electron chi connectivity index (χ3n) is 7.37. The first-order valence-corrected chi connectivity index (χ1v) is 16.0. The number of amides is 2. The molecule has 0 saturated heterocycles. The van der Waals surface area contributed by atoms with Crippen molar-refractivity contribution in [3.05, 3.63) is 94.8 Å². The molecular weight excluding hydrogens is 581 g/mol. The summed E-state index contributed by atoms with van der Waals surface area (Å²) in [4.78, 5) is 29.2. The smallest absolute Gasteiger partial charge is 0.244 e. The van der Waals surface area contributed by atoms with Crippen molar-refractivity contribution in [3.8, 4) is 5.75 Å². The Morgan fingerprint density at radius 3 is 2.33 bits per heavy atom. The van der Waals surface area contributed by atoms with E-state index in [1.165, 1.54) is 42.3 Å². The minimum absolute atomic E-state index is 0.0184. The highest BCUT2D eigenvalue weighted by Gasteiger charge is 2.34. The SMILES string of the molecule is COc1ccc(N(CC(=O)N(Cc2ccccc2F)[C@H](Cc2ccccc2)C(=O)NC2CCCC2)S(C)(=O)=O)cc1Cl. The van der Waals surface area contributed by atoms with Gasteiger partial charge in [-0.2, -0.15) is 0 Å². The van der Waals surface area contributed by atoms with E-state index in [-0.39, 0.29) is 41.2 Å². The van der Waals surface area contributed by atoms with E-state index in [4.69, 9.17) is 16.3 Å². The zero-order valence-corrected chi connectivity index (χ0v) is 25.2. The Labute approximate surface area is 251 Å². The van der Waals surface area contributed by atoms with Crippen molar-refractivity contribution in [1.29, 1.82) is 0 Å². The Kier molecular flexibility index (Phi) is 10.5. The summed E-state index contributed by atoms with van der Waals surface area (Å²) in [7, 11) is -2.54. The molecule has 11 heteroatoms. The number of halogens is 2. The average Bonchev–Trinajstić information content (AvgIpc) is 3.47. The van der Waals surface area contributed by atoms with Crippen LogP contribution >= 0.6 is 11.6 Å². The van der Waals surface area contributed by atoms with E-state index in [9.17, 15) is 22.4 Å². The number of hydrogen-bond donors (Lipinski definition) is 1. The molecule has 1 N–H and O–H groups in total. The molecule has 1 aliphatic rings. The number of anilines is 1. The average molecular weight is 616 g/mol. The summed E-state index contributed by atoms with van der Waals surface area (Å²) in [6.45, 7) is -0.861. The summed E-state index contributed by atoms with van der Waals surface area (Å²) in [5.41, 5.74) is 1.16. The molecule has 224 valence electrons. The van der Waals surface area contributed by atoms with E-state index in [0.29, 0.717) is 5.75 Å². The molecular formula is C31H35ClFN3O5S. The maximum absolute atomic E-state index is 14.9. The van der Waals surface area contributed by atoms with Crippen molar-refractivity contribution in [2.75, 3.05) is 24.2 Å². The number of benzene rings is 3. The topological polar surface area (TPSA) is 96.0 Å². The summed E-state index contributed by atoms with van der Waals surface area (Å²) < 4.78 is 46.9.